The molecule has 0 atom stereocenters. The Labute approximate surface area is 222 Å². The zero-order valence-electron chi connectivity index (χ0n) is 22.0. The van der Waals surface area contributed by atoms with Gasteiger partial charge in [-0.25, -0.2) is 0 Å². The third-order valence-electron chi connectivity index (χ3n) is 8.34. The van der Waals surface area contributed by atoms with E-state index >= 15 is 0 Å². The Morgan fingerprint density at radius 3 is 1.82 bits per heavy atom. The van der Waals surface area contributed by atoms with Crippen LogP contribution >= 0.6 is 0 Å². The average Bonchev–Trinajstić information content (AvgIpc) is 3.26. The number of aromatic nitrogens is 1. The van der Waals surface area contributed by atoms with Crippen molar-refractivity contribution in [1.82, 2.24) is 4.57 Å². The van der Waals surface area contributed by atoms with Crippen molar-refractivity contribution in [3.63, 3.8) is 0 Å². The molecule has 0 amide bonds. The maximum absolute atomic E-state index is 11.4. The smallest absolute Gasteiger partial charge is 0.270 e. The van der Waals surface area contributed by atoms with Crippen molar-refractivity contribution < 1.29 is 9.85 Å². The van der Waals surface area contributed by atoms with Crippen molar-refractivity contribution in [2.24, 2.45) is 5.92 Å². The van der Waals surface area contributed by atoms with Gasteiger partial charge in [-0.3, -0.25) is 20.2 Å². The highest BCUT2D eigenvalue weighted by atomic mass is 16.6. The fourth-order valence-corrected chi connectivity index (χ4v) is 6.22. The van der Waals surface area contributed by atoms with Crippen LogP contribution in [0.25, 0.3) is 27.5 Å². The second kappa shape index (κ2) is 11.3. The van der Waals surface area contributed by atoms with Crippen LogP contribution in [0.5, 0.6) is 0 Å². The molecule has 38 heavy (non-hydrogen) atoms. The molecular weight excluding hydrogens is 478 g/mol. The van der Waals surface area contributed by atoms with E-state index in [-0.39, 0.29) is 11.4 Å². The Bertz CT molecular complexity index is 1380. The predicted molar refractivity (Wildman–Crippen MR) is 152 cm³/mol. The fraction of sp³-hybridized carbons (Fsp3) is 0.419. The summed E-state index contributed by atoms with van der Waals surface area (Å²) >= 11 is 0. The minimum absolute atomic E-state index is 0.0324. The van der Waals surface area contributed by atoms with Crippen LogP contribution in [-0.4, -0.2) is 14.4 Å². The Kier molecular flexibility index (Phi) is 7.72. The maximum atomic E-state index is 11.4. The van der Waals surface area contributed by atoms with Crippen molar-refractivity contribution in [3.05, 3.63) is 86.5 Å². The van der Waals surface area contributed by atoms with Crippen LogP contribution in [0.4, 0.5) is 11.4 Å². The van der Waals surface area contributed by atoms with Crippen LogP contribution in [0.15, 0.2) is 60.7 Å². The van der Waals surface area contributed by atoms with Gasteiger partial charge >= 0.3 is 0 Å². The lowest BCUT2D eigenvalue weighted by atomic mass is 9.77. The molecule has 1 fully saturated rings. The molecule has 0 radical (unpaired) electrons. The lowest BCUT2D eigenvalue weighted by molar-refractivity contribution is -0.385. The monoisotopic (exact) mass is 513 g/mol. The second-order valence-corrected chi connectivity index (χ2v) is 10.8. The molecule has 0 unspecified atom stereocenters. The summed E-state index contributed by atoms with van der Waals surface area (Å²) in [6, 6.07) is 18.1. The molecule has 0 N–H and O–H groups in total. The van der Waals surface area contributed by atoms with E-state index in [2.05, 4.69) is 31.2 Å². The quantitative estimate of drug-likeness (QED) is 0.120. The van der Waals surface area contributed by atoms with E-state index in [1.807, 2.05) is 4.57 Å². The Morgan fingerprint density at radius 2 is 1.29 bits per heavy atom. The number of non-ortho nitro benzene ring substituents is 2. The third kappa shape index (κ3) is 5.28. The number of hydrogen-bond acceptors (Lipinski definition) is 4. The third-order valence-corrected chi connectivity index (χ3v) is 8.34. The fourth-order valence-electron chi connectivity index (χ4n) is 6.22. The van der Waals surface area contributed by atoms with Gasteiger partial charge in [0.25, 0.3) is 11.4 Å². The number of rotatable bonds is 10. The lowest BCUT2D eigenvalue weighted by Gasteiger charge is -2.29. The zero-order valence-corrected chi connectivity index (χ0v) is 22.0. The first kappa shape index (κ1) is 25.9. The van der Waals surface area contributed by atoms with E-state index in [0.29, 0.717) is 16.7 Å². The van der Waals surface area contributed by atoms with E-state index in [0.717, 1.165) is 22.6 Å². The topological polar surface area (TPSA) is 91.2 Å². The van der Waals surface area contributed by atoms with Gasteiger partial charge in [0.15, 0.2) is 0 Å². The van der Waals surface area contributed by atoms with Gasteiger partial charge in [-0.2, -0.15) is 0 Å². The Hall–Kier alpha value is -3.74. The van der Waals surface area contributed by atoms with Crippen molar-refractivity contribution in [3.8, 4) is 5.69 Å². The first-order valence-electron chi connectivity index (χ1n) is 13.9. The molecule has 0 bridgehead atoms. The van der Waals surface area contributed by atoms with Crippen molar-refractivity contribution in [1.29, 1.82) is 0 Å². The van der Waals surface area contributed by atoms with Crippen LogP contribution in [0.2, 0.25) is 0 Å². The van der Waals surface area contributed by atoms with E-state index in [4.69, 9.17) is 0 Å². The lowest BCUT2D eigenvalue weighted by Crippen LogP contribution is -2.13. The van der Waals surface area contributed by atoms with Gasteiger partial charge in [-0.15, -0.1) is 0 Å². The van der Waals surface area contributed by atoms with Gasteiger partial charge in [-0.05, 0) is 67.3 Å². The molecule has 0 spiro atoms. The highest BCUT2D eigenvalue weighted by Crippen LogP contribution is 2.39. The summed E-state index contributed by atoms with van der Waals surface area (Å²) in [5.74, 6) is 1.46. The largest absolute Gasteiger partial charge is 0.309 e. The molecule has 4 aromatic rings. The molecule has 1 aliphatic rings. The maximum Gasteiger partial charge on any atom is 0.270 e. The summed E-state index contributed by atoms with van der Waals surface area (Å²) < 4.78 is 2.04. The zero-order chi connectivity index (χ0) is 26.6. The number of unbranched alkanes of at least 4 members (excludes halogenated alkanes) is 4. The summed E-state index contributed by atoms with van der Waals surface area (Å²) in [7, 11) is 0. The molecule has 3 aromatic carbocycles. The molecule has 1 heterocycles. The van der Waals surface area contributed by atoms with Crippen LogP contribution in [0, 0.1) is 26.1 Å². The molecule has 0 saturated heterocycles. The van der Waals surface area contributed by atoms with Crippen LogP contribution in [0.3, 0.4) is 0 Å². The van der Waals surface area contributed by atoms with E-state index < -0.39 is 9.85 Å². The van der Waals surface area contributed by atoms with Gasteiger partial charge in [0.2, 0.25) is 0 Å². The molecule has 1 aliphatic carbocycles. The summed E-state index contributed by atoms with van der Waals surface area (Å²) in [6.45, 7) is 2.26. The predicted octanol–water partition coefficient (Wildman–Crippen LogP) is 9.23. The van der Waals surface area contributed by atoms with Gasteiger partial charge in [-0.1, -0.05) is 57.6 Å². The van der Waals surface area contributed by atoms with Crippen molar-refractivity contribution >= 4 is 33.2 Å². The van der Waals surface area contributed by atoms with Crippen LogP contribution in [-0.2, 0) is 0 Å². The Balaban J connectivity index is 1.38. The summed E-state index contributed by atoms with van der Waals surface area (Å²) in [5.41, 5.74) is 3.82. The first-order chi connectivity index (χ1) is 18.5. The minimum atomic E-state index is -0.435. The van der Waals surface area contributed by atoms with E-state index in [9.17, 15) is 20.2 Å². The Morgan fingerprint density at radius 1 is 0.737 bits per heavy atom. The highest BCUT2D eigenvalue weighted by Gasteiger charge is 2.23. The number of benzene rings is 3. The van der Waals surface area contributed by atoms with Gasteiger partial charge < -0.3 is 4.57 Å². The number of hydrogen-bond donors (Lipinski definition) is 0. The highest BCUT2D eigenvalue weighted by molar-refractivity contribution is 6.10. The second-order valence-electron chi connectivity index (χ2n) is 10.8. The normalized spacial score (nSPS) is 17.7. The molecule has 7 heteroatoms. The molecular formula is C31H35N3O4. The van der Waals surface area contributed by atoms with Crippen molar-refractivity contribution in [2.45, 2.75) is 77.0 Å². The summed E-state index contributed by atoms with van der Waals surface area (Å²) in [4.78, 5) is 22.0. The van der Waals surface area contributed by atoms with E-state index in [1.165, 1.54) is 94.0 Å². The molecule has 198 valence electrons. The standard InChI is InChI=1S/C31H35N3O4/c1-2-3-4-5-6-7-22-8-10-23(11-9-22)24-12-14-25(15-13-24)32-30-18-16-26(33(35)36)20-28(30)29-21-27(34(37)38)17-19-31(29)32/h12-23H,2-11H2,1H3. The van der Waals surface area contributed by atoms with Crippen molar-refractivity contribution in [2.75, 3.05) is 0 Å². The first-order valence-corrected chi connectivity index (χ1v) is 13.9. The van der Waals surface area contributed by atoms with Gasteiger partial charge in [0.05, 0.1) is 20.9 Å². The summed E-state index contributed by atoms with van der Waals surface area (Å²) in [6.07, 6.45) is 13.2. The molecule has 7 nitrogen and oxygen atoms in total. The molecule has 1 saturated carbocycles. The SMILES string of the molecule is CCCCCCCC1CCC(c2ccc(-n3c4ccc([N+](=O)[O-])cc4c4cc([N+](=O)[O-])ccc43)cc2)CC1. The number of nitrogens with zero attached hydrogens (tertiary/aromatic N) is 3. The molecule has 5 rings (SSSR count). The van der Waals surface area contributed by atoms with Gasteiger partial charge in [0.1, 0.15) is 0 Å². The average molecular weight is 514 g/mol. The van der Waals surface area contributed by atoms with Gasteiger partial charge in [0, 0.05) is 40.7 Å². The minimum Gasteiger partial charge on any atom is -0.309 e. The molecule has 0 aliphatic heterocycles. The number of fused-ring (bicyclic) bond motifs is 3. The van der Waals surface area contributed by atoms with Crippen LogP contribution in [0.1, 0.15) is 82.6 Å². The molecule has 1 aromatic heterocycles. The summed E-state index contributed by atoms with van der Waals surface area (Å²) in [5, 5.41) is 24.1. The van der Waals surface area contributed by atoms with E-state index in [1.54, 1.807) is 12.1 Å². The van der Waals surface area contributed by atoms with Crippen LogP contribution < -0.4 is 0 Å². The number of nitro groups is 2. The number of nitro benzene ring substituents is 2.